The summed E-state index contributed by atoms with van der Waals surface area (Å²) in [4.78, 5) is 28.8. The van der Waals surface area contributed by atoms with Crippen molar-refractivity contribution in [3.63, 3.8) is 0 Å². The van der Waals surface area contributed by atoms with E-state index in [-0.39, 0.29) is 18.6 Å². The van der Waals surface area contributed by atoms with Crippen LogP contribution in [0.3, 0.4) is 0 Å². The lowest BCUT2D eigenvalue weighted by Gasteiger charge is -2.13. The molecule has 1 N–H and O–H groups in total. The molecular formula is C17H21N3O5. The number of ether oxygens (including phenoxy) is 2. The standard InChI is InChI=1S/C17H21N3O5/c1-9(7-23-3)18-14(21)8-24-17(22)12-6-13(11-4-5-11)19-16-15(12)10(2)20-25-16/h6,9,11H,4-5,7-8H2,1-3H3,(H,18,21). The van der Waals surface area contributed by atoms with Crippen molar-refractivity contribution >= 4 is 23.0 Å². The van der Waals surface area contributed by atoms with Crippen LogP contribution in [0.2, 0.25) is 0 Å². The molecule has 8 nitrogen and oxygen atoms in total. The van der Waals surface area contributed by atoms with Crippen LogP contribution in [0.1, 0.15) is 47.4 Å². The van der Waals surface area contributed by atoms with E-state index in [4.69, 9.17) is 14.0 Å². The normalized spacial score (nSPS) is 15.2. The third-order valence-electron chi connectivity index (χ3n) is 4.01. The first kappa shape index (κ1) is 17.3. The number of aryl methyl sites for hydroxylation is 1. The Bertz CT molecular complexity index is 797. The third-order valence-corrected chi connectivity index (χ3v) is 4.01. The summed E-state index contributed by atoms with van der Waals surface area (Å²) in [7, 11) is 1.55. The van der Waals surface area contributed by atoms with Gasteiger partial charge in [0.1, 0.15) is 0 Å². The van der Waals surface area contributed by atoms with Crippen molar-refractivity contribution in [3.8, 4) is 0 Å². The molecule has 1 unspecified atom stereocenters. The molecule has 1 saturated carbocycles. The smallest absolute Gasteiger partial charge is 0.339 e. The highest BCUT2D eigenvalue weighted by molar-refractivity contribution is 6.03. The van der Waals surface area contributed by atoms with Crippen molar-refractivity contribution < 1.29 is 23.6 Å². The maximum atomic E-state index is 12.5. The lowest BCUT2D eigenvalue weighted by atomic mass is 10.1. The minimum atomic E-state index is -0.588. The Kier molecular flexibility index (Phi) is 4.98. The van der Waals surface area contributed by atoms with E-state index >= 15 is 0 Å². The number of carbonyl (C=O) groups excluding carboxylic acids is 2. The van der Waals surface area contributed by atoms with Gasteiger partial charge in [0, 0.05) is 24.8 Å². The summed E-state index contributed by atoms with van der Waals surface area (Å²) >= 11 is 0. The topological polar surface area (TPSA) is 104 Å². The monoisotopic (exact) mass is 347 g/mol. The van der Waals surface area contributed by atoms with E-state index in [9.17, 15) is 9.59 Å². The highest BCUT2D eigenvalue weighted by Gasteiger charge is 2.29. The molecule has 8 heteroatoms. The van der Waals surface area contributed by atoms with Crippen LogP contribution in [0.4, 0.5) is 0 Å². The number of pyridine rings is 1. The van der Waals surface area contributed by atoms with Crippen LogP contribution in [0.5, 0.6) is 0 Å². The molecule has 1 atom stereocenters. The summed E-state index contributed by atoms with van der Waals surface area (Å²) in [5.74, 6) is -0.623. The number of esters is 1. The van der Waals surface area contributed by atoms with Crippen LogP contribution >= 0.6 is 0 Å². The number of hydrogen-bond donors (Lipinski definition) is 1. The van der Waals surface area contributed by atoms with Crippen molar-refractivity contribution in [1.82, 2.24) is 15.5 Å². The Morgan fingerprint density at radius 1 is 1.44 bits per heavy atom. The zero-order chi connectivity index (χ0) is 18.0. The molecule has 1 aliphatic rings. The highest BCUT2D eigenvalue weighted by Crippen LogP contribution is 2.40. The van der Waals surface area contributed by atoms with E-state index in [1.807, 2.05) is 0 Å². The van der Waals surface area contributed by atoms with Crippen molar-refractivity contribution in [2.45, 2.75) is 38.6 Å². The second-order valence-corrected chi connectivity index (χ2v) is 6.32. The van der Waals surface area contributed by atoms with Crippen LogP contribution < -0.4 is 5.32 Å². The van der Waals surface area contributed by atoms with Crippen LogP contribution in [0, 0.1) is 6.92 Å². The zero-order valence-corrected chi connectivity index (χ0v) is 14.5. The molecule has 25 heavy (non-hydrogen) atoms. The Balaban J connectivity index is 1.73. The Morgan fingerprint density at radius 2 is 2.20 bits per heavy atom. The van der Waals surface area contributed by atoms with Gasteiger partial charge >= 0.3 is 5.97 Å². The van der Waals surface area contributed by atoms with Crippen molar-refractivity contribution in [1.29, 1.82) is 0 Å². The van der Waals surface area contributed by atoms with Gasteiger partial charge in [0.15, 0.2) is 6.61 Å². The molecule has 134 valence electrons. The molecule has 1 aliphatic carbocycles. The second-order valence-electron chi connectivity index (χ2n) is 6.32. The van der Waals surface area contributed by atoms with E-state index < -0.39 is 5.97 Å². The van der Waals surface area contributed by atoms with Gasteiger partial charge in [0.2, 0.25) is 0 Å². The van der Waals surface area contributed by atoms with Gasteiger partial charge < -0.3 is 19.3 Å². The fraction of sp³-hybridized carbons (Fsp3) is 0.529. The number of methoxy groups -OCH3 is 1. The first-order valence-corrected chi connectivity index (χ1v) is 8.22. The molecule has 0 aromatic carbocycles. The summed E-state index contributed by atoms with van der Waals surface area (Å²) in [6.45, 7) is 3.56. The predicted molar refractivity (Wildman–Crippen MR) is 88.3 cm³/mol. The molecule has 0 aliphatic heterocycles. The molecule has 0 spiro atoms. The molecule has 1 fully saturated rings. The minimum absolute atomic E-state index is 0.161. The summed E-state index contributed by atoms with van der Waals surface area (Å²) in [6, 6.07) is 1.56. The molecule has 2 aromatic rings. The average molecular weight is 347 g/mol. The summed E-state index contributed by atoms with van der Waals surface area (Å²) in [5.41, 5.74) is 2.03. The van der Waals surface area contributed by atoms with Crippen LogP contribution in [0.25, 0.3) is 11.1 Å². The van der Waals surface area contributed by atoms with Crippen molar-refractivity contribution in [3.05, 3.63) is 23.0 Å². The molecule has 0 saturated heterocycles. The number of nitrogens with zero attached hydrogens (tertiary/aromatic N) is 2. The number of nitrogens with one attached hydrogen (secondary N) is 1. The van der Waals surface area contributed by atoms with Gasteiger partial charge in [0.25, 0.3) is 11.6 Å². The summed E-state index contributed by atoms with van der Waals surface area (Å²) in [5, 5.41) is 7.09. The van der Waals surface area contributed by atoms with Crippen LogP contribution in [-0.2, 0) is 14.3 Å². The molecule has 3 rings (SSSR count). The summed E-state index contributed by atoms with van der Waals surface area (Å²) < 4.78 is 15.3. The Morgan fingerprint density at radius 3 is 2.88 bits per heavy atom. The Hall–Kier alpha value is -2.48. The predicted octanol–water partition coefficient (Wildman–Crippen LogP) is 1.72. The van der Waals surface area contributed by atoms with E-state index in [0.717, 1.165) is 18.5 Å². The quantitative estimate of drug-likeness (QED) is 0.760. The number of fused-ring (bicyclic) bond motifs is 1. The summed E-state index contributed by atoms with van der Waals surface area (Å²) in [6.07, 6.45) is 2.08. The average Bonchev–Trinajstić information content (AvgIpc) is 3.36. The van der Waals surface area contributed by atoms with Gasteiger partial charge in [-0.2, -0.15) is 0 Å². The molecule has 2 aromatic heterocycles. The van der Waals surface area contributed by atoms with Gasteiger partial charge in [-0.05, 0) is 32.8 Å². The van der Waals surface area contributed by atoms with Gasteiger partial charge in [-0.15, -0.1) is 0 Å². The largest absolute Gasteiger partial charge is 0.452 e. The van der Waals surface area contributed by atoms with E-state index in [0.29, 0.717) is 34.9 Å². The molecule has 0 bridgehead atoms. The highest BCUT2D eigenvalue weighted by atomic mass is 16.5. The maximum Gasteiger partial charge on any atom is 0.339 e. The fourth-order valence-corrected chi connectivity index (χ4v) is 2.68. The van der Waals surface area contributed by atoms with Gasteiger partial charge in [-0.3, -0.25) is 4.79 Å². The number of carbonyl (C=O) groups is 2. The first-order chi connectivity index (χ1) is 12.0. The SMILES string of the molecule is COCC(C)NC(=O)COC(=O)c1cc(C2CC2)nc2onc(C)c12. The third kappa shape index (κ3) is 3.96. The van der Waals surface area contributed by atoms with Crippen LogP contribution in [-0.4, -0.2) is 48.4 Å². The second kappa shape index (κ2) is 7.18. The number of aromatic nitrogens is 2. The molecular weight excluding hydrogens is 326 g/mol. The zero-order valence-electron chi connectivity index (χ0n) is 14.5. The lowest BCUT2D eigenvalue weighted by molar-refractivity contribution is -0.125. The van der Waals surface area contributed by atoms with E-state index in [1.165, 1.54) is 0 Å². The number of rotatable bonds is 7. The van der Waals surface area contributed by atoms with E-state index in [2.05, 4.69) is 15.5 Å². The maximum absolute atomic E-state index is 12.5. The number of hydrogen-bond acceptors (Lipinski definition) is 7. The van der Waals surface area contributed by atoms with Gasteiger partial charge in [0.05, 0.1) is 23.3 Å². The fourth-order valence-electron chi connectivity index (χ4n) is 2.68. The van der Waals surface area contributed by atoms with Gasteiger partial charge in [-0.1, -0.05) is 5.16 Å². The first-order valence-electron chi connectivity index (χ1n) is 8.22. The van der Waals surface area contributed by atoms with Crippen molar-refractivity contribution in [2.24, 2.45) is 0 Å². The van der Waals surface area contributed by atoms with Gasteiger partial charge in [-0.25, -0.2) is 9.78 Å². The molecule has 0 radical (unpaired) electrons. The van der Waals surface area contributed by atoms with E-state index in [1.54, 1.807) is 27.0 Å². The Labute approximate surface area is 144 Å². The van der Waals surface area contributed by atoms with Crippen molar-refractivity contribution in [2.75, 3.05) is 20.3 Å². The molecule has 2 heterocycles. The molecule has 1 amide bonds. The van der Waals surface area contributed by atoms with Crippen LogP contribution in [0.15, 0.2) is 10.6 Å². The minimum Gasteiger partial charge on any atom is -0.452 e. The lowest BCUT2D eigenvalue weighted by Crippen LogP contribution is -2.38. The number of amides is 1.